The largest absolute Gasteiger partial charge is 0.462 e. The second-order valence-electron chi connectivity index (χ2n) is 5.73. The van der Waals surface area contributed by atoms with Gasteiger partial charge in [-0.05, 0) is 25.3 Å². The normalized spacial score (nSPS) is 20.3. The average molecular weight is 213 g/mol. The molecule has 15 heavy (non-hydrogen) atoms. The molecule has 1 aliphatic rings. The summed E-state index contributed by atoms with van der Waals surface area (Å²) in [6, 6.07) is 0. The van der Waals surface area contributed by atoms with E-state index in [1.54, 1.807) is 0 Å². The maximum absolute atomic E-state index is 11.6. The molecule has 0 aromatic carbocycles. The first-order valence-corrected chi connectivity index (χ1v) is 5.75. The summed E-state index contributed by atoms with van der Waals surface area (Å²) >= 11 is 0. The van der Waals surface area contributed by atoms with E-state index in [0.717, 1.165) is 25.9 Å². The molecule has 0 aliphatic carbocycles. The third-order valence-electron chi connectivity index (χ3n) is 2.64. The van der Waals surface area contributed by atoms with E-state index in [1.165, 1.54) is 0 Å². The smallest absolute Gasteiger partial charge is 0.306 e. The molecule has 1 heterocycles. The first-order chi connectivity index (χ1) is 6.87. The Balaban J connectivity index is 2.27. The Morgan fingerprint density at radius 3 is 2.33 bits per heavy atom. The lowest BCUT2D eigenvalue weighted by molar-refractivity contribution is -0.153. The molecule has 88 valence electrons. The van der Waals surface area contributed by atoms with Crippen LogP contribution in [0.4, 0.5) is 0 Å². The van der Waals surface area contributed by atoms with Gasteiger partial charge < -0.3 is 9.64 Å². The fraction of sp³-hybridized carbons (Fsp3) is 0.917. The zero-order chi connectivity index (χ0) is 11.5. The van der Waals surface area contributed by atoms with Gasteiger partial charge in [-0.25, -0.2) is 0 Å². The van der Waals surface area contributed by atoms with Crippen LogP contribution in [0.25, 0.3) is 0 Å². The highest BCUT2D eigenvalue weighted by Crippen LogP contribution is 2.21. The van der Waals surface area contributed by atoms with E-state index in [-0.39, 0.29) is 17.5 Å². The van der Waals surface area contributed by atoms with E-state index in [9.17, 15) is 4.79 Å². The molecule has 0 saturated carbocycles. The second-order valence-corrected chi connectivity index (χ2v) is 5.73. The van der Waals surface area contributed by atoms with Gasteiger partial charge in [-0.15, -0.1) is 0 Å². The van der Waals surface area contributed by atoms with Crippen molar-refractivity contribution < 1.29 is 9.53 Å². The zero-order valence-electron chi connectivity index (χ0n) is 10.4. The summed E-state index contributed by atoms with van der Waals surface area (Å²) in [5, 5.41) is 0. The molecule has 0 atom stereocenters. The molecule has 0 bridgehead atoms. The minimum Gasteiger partial charge on any atom is -0.462 e. The summed E-state index contributed by atoms with van der Waals surface area (Å²) < 4.78 is 5.45. The predicted octanol–water partition coefficient (Wildman–Crippen LogP) is 2.06. The maximum Gasteiger partial charge on any atom is 0.306 e. The van der Waals surface area contributed by atoms with Crippen LogP contribution in [-0.4, -0.2) is 37.1 Å². The van der Waals surface area contributed by atoms with E-state index >= 15 is 0 Å². The monoisotopic (exact) mass is 213 g/mol. The Hall–Kier alpha value is -0.570. The molecular formula is C12H23NO2. The summed E-state index contributed by atoms with van der Waals surface area (Å²) in [6.07, 6.45) is 2.62. The van der Waals surface area contributed by atoms with Crippen molar-refractivity contribution in [3.8, 4) is 0 Å². The fourth-order valence-electron chi connectivity index (χ4n) is 1.76. The molecule has 1 rings (SSSR count). The van der Waals surface area contributed by atoms with Crippen LogP contribution in [0.1, 0.15) is 40.0 Å². The predicted molar refractivity (Wildman–Crippen MR) is 60.7 cm³/mol. The lowest BCUT2D eigenvalue weighted by Gasteiger charge is -2.29. The van der Waals surface area contributed by atoms with E-state index in [2.05, 4.69) is 32.7 Å². The molecule has 3 nitrogen and oxygen atoms in total. The van der Waals surface area contributed by atoms with Crippen molar-refractivity contribution in [2.24, 2.45) is 5.41 Å². The third-order valence-corrected chi connectivity index (χ3v) is 2.64. The molecule has 1 saturated heterocycles. The van der Waals surface area contributed by atoms with Crippen molar-refractivity contribution in [3.63, 3.8) is 0 Å². The lowest BCUT2D eigenvalue weighted by Crippen LogP contribution is -2.35. The van der Waals surface area contributed by atoms with Gasteiger partial charge in [-0.2, -0.15) is 0 Å². The molecule has 1 fully saturated rings. The van der Waals surface area contributed by atoms with Gasteiger partial charge in [0, 0.05) is 13.1 Å². The van der Waals surface area contributed by atoms with Gasteiger partial charge in [-0.3, -0.25) is 4.79 Å². The second kappa shape index (κ2) is 4.97. The summed E-state index contributed by atoms with van der Waals surface area (Å²) in [6.45, 7) is 8.25. The Bertz CT molecular complexity index is 212. The van der Waals surface area contributed by atoms with E-state index in [1.807, 2.05) is 0 Å². The van der Waals surface area contributed by atoms with Crippen molar-refractivity contribution in [2.75, 3.05) is 20.1 Å². The molecule has 0 unspecified atom stereocenters. The number of rotatable bonds is 2. The van der Waals surface area contributed by atoms with Crippen LogP contribution in [0.3, 0.4) is 0 Å². The quantitative estimate of drug-likeness (QED) is 0.658. The van der Waals surface area contributed by atoms with Crippen LogP contribution in [0, 0.1) is 5.41 Å². The van der Waals surface area contributed by atoms with Gasteiger partial charge in [0.1, 0.15) is 6.10 Å². The van der Waals surface area contributed by atoms with Crippen molar-refractivity contribution >= 4 is 5.97 Å². The highest BCUT2D eigenvalue weighted by molar-refractivity contribution is 5.70. The minimum atomic E-state index is -0.0444. The number of nitrogens with zero attached hydrogens (tertiary/aromatic N) is 1. The fourth-order valence-corrected chi connectivity index (χ4v) is 1.76. The number of carbonyl (C=O) groups excluding carboxylic acids is 1. The molecule has 0 N–H and O–H groups in total. The first-order valence-electron chi connectivity index (χ1n) is 5.75. The average Bonchev–Trinajstić information content (AvgIpc) is 2.05. The zero-order valence-corrected chi connectivity index (χ0v) is 10.4. The van der Waals surface area contributed by atoms with Crippen LogP contribution in [-0.2, 0) is 9.53 Å². The Labute approximate surface area is 92.8 Å². The van der Waals surface area contributed by atoms with Crippen molar-refractivity contribution in [2.45, 2.75) is 46.1 Å². The van der Waals surface area contributed by atoms with Gasteiger partial charge in [0.2, 0.25) is 0 Å². The molecule has 1 aliphatic heterocycles. The highest BCUT2D eigenvalue weighted by Gasteiger charge is 2.23. The molecule has 3 heteroatoms. The Morgan fingerprint density at radius 1 is 1.33 bits per heavy atom. The van der Waals surface area contributed by atoms with Crippen molar-refractivity contribution in [1.29, 1.82) is 0 Å². The van der Waals surface area contributed by atoms with Crippen molar-refractivity contribution in [3.05, 3.63) is 0 Å². The standard InChI is InChI=1S/C12H23NO2/c1-12(2,3)9-11(14)15-10-5-7-13(4)8-6-10/h10H,5-9H2,1-4H3. The van der Waals surface area contributed by atoms with Crippen LogP contribution in [0.15, 0.2) is 0 Å². The van der Waals surface area contributed by atoms with Crippen LogP contribution in [0.2, 0.25) is 0 Å². The topological polar surface area (TPSA) is 29.5 Å². The summed E-state index contributed by atoms with van der Waals surface area (Å²) in [7, 11) is 2.10. The number of piperidine rings is 1. The number of ether oxygens (including phenoxy) is 1. The number of carbonyl (C=O) groups is 1. The van der Waals surface area contributed by atoms with E-state index < -0.39 is 0 Å². The molecule has 0 aromatic heterocycles. The molecule has 0 radical (unpaired) electrons. The maximum atomic E-state index is 11.6. The van der Waals surface area contributed by atoms with Crippen molar-refractivity contribution in [1.82, 2.24) is 4.90 Å². The molecule has 0 amide bonds. The number of likely N-dealkylation sites (tertiary alicyclic amines) is 1. The third kappa shape index (κ3) is 5.17. The summed E-state index contributed by atoms with van der Waals surface area (Å²) in [5.74, 6) is -0.0444. The Kier molecular flexibility index (Phi) is 4.14. The molecule has 0 spiro atoms. The SMILES string of the molecule is CN1CCC(OC(=O)CC(C)(C)C)CC1. The van der Waals surface area contributed by atoms with Crippen LogP contribution in [0.5, 0.6) is 0 Å². The molecule has 0 aromatic rings. The minimum absolute atomic E-state index is 0.0303. The van der Waals surface area contributed by atoms with E-state index in [4.69, 9.17) is 4.74 Å². The van der Waals surface area contributed by atoms with Gasteiger partial charge in [0.15, 0.2) is 0 Å². The summed E-state index contributed by atoms with van der Waals surface area (Å²) in [4.78, 5) is 13.8. The van der Waals surface area contributed by atoms with Crippen LogP contribution < -0.4 is 0 Å². The van der Waals surface area contributed by atoms with Gasteiger partial charge in [0.25, 0.3) is 0 Å². The van der Waals surface area contributed by atoms with Gasteiger partial charge >= 0.3 is 5.97 Å². The van der Waals surface area contributed by atoms with Gasteiger partial charge in [-0.1, -0.05) is 20.8 Å². The number of hydrogen-bond donors (Lipinski definition) is 0. The highest BCUT2D eigenvalue weighted by atomic mass is 16.5. The molecular weight excluding hydrogens is 190 g/mol. The van der Waals surface area contributed by atoms with Crippen LogP contribution >= 0.6 is 0 Å². The first kappa shape index (κ1) is 12.5. The number of hydrogen-bond acceptors (Lipinski definition) is 3. The summed E-state index contributed by atoms with van der Waals surface area (Å²) in [5.41, 5.74) is 0.0303. The Morgan fingerprint density at radius 2 is 1.87 bits per heavy atom. The van der Waals surface area contributed by atoms with Gasteiger partial charge in [0.05, 0.1) is 6.42 Å². The number of esters is 1. The van der Waals surface area contributed by atoms with E-state index in [0.29, 0.717) is 6.42 Å². The lowest BCUT2D eigenvalue weighted by atomic mass is 9.92.